The standard InChI is InChI=1S/C21H32N2O/c1-2-3-4-5-6-7-8-9-10-11-18-24-20-14-12-19(13-15-20)21-22-16-17-23-21/h12-17H,2-11,18H2,1H3,(H,22,23). The van der Waals surface area contributed by atoms with Crippen LogP contribution in [-0.4, -0.2) is 16.6 Å². The number of nitrogens with zero attached hydrogens (tertiary/aromatic N) is 1. The number of aromatic amines is 1. The molecule has 0 radical (unpaired) electrons. The van der Waals surface area contributed by atoms with E-state index in [1.807, 2.05) is 30.5 Å². The summed E-state index contributed by atoms with van der Waals surface area (Å²) in [4.78, 5) is 7.36. The quantitative estimate of drug-likeness (QED) is 0.433. The Kier molecular flexibility index (Phi) is 9.07. The van der Waals surface area contributed by atoms with Crippen molar-refractivity contribution in [2.75, 3.05) is 6.61 Å². The molecule has 0 spiro atoms. The van der Waals surface area contributed by atoms with Gasteiger partial charge in [-0.15, -0.1) is 0 Å². The molecule has 0 unspecified atom stereocenters. The van der Waals surface area contributed by atoms with E-state index in [0.717, 1.165) is 30.2 Å². The summed E-state index contributed by atoms with van der Waals surface area (Å²) in [7, 11) is 0. The summed E-state index contributed by atoms with van der Waals surface area (Å²) in [6.45, 7) is 3.09. The largest absolute Gasteiger partial charge is 0.494 e. The summed E-state index contributed by atoms with van der Waals surface area (Å²) in [5.74, 6) is 1.84. The third kappa shape index (κ3) is 7.20. The number of hydrogen-bond acceptors (Lipinski definition) is 2. The van der Waals surface area contributed by atoms with E-state index in [4.69, 9.17) is 4.74 Å². The van der Waals surface area contributed by atoms with Crippen molar-refractivity contribution in [1.29, 1.82) is 0 Å². The summed E-state index contributed by atoms with van der Waals surface area (Å²) in [5, 5.41) is 0. The van der Waals surface area contributed by atoms with Gasteiger partial charge < -0.3 is 9.72 Å². The highest BCUT2D eigenvalue weighted by Gasteiger charge is 2.00. The van der Waals surface area contributed by atoms with Gasteiger partial charge in [0.2, 0.25) is 0 Å². The minimum atomic E-state index is 0.816. The van der Waals surface area contributed by atoms with Crippen molar-refractivity contribution in [1.82, 2.24) is 9.97 Å². The van der Waals surface area contributed by atoms with E-state index < -0.39 is 0 Å². The topological polar surface area (TPSA) is 37.9 Å². The van der Waals surface area contributed by atoms with E-state index in [1.165, 1.54) is 57.8 Å². The molecule has 0 bridgehead atoms. The monoisotopic (exact) mass is 328 g/mol. The molecule has 0 aliphatic carbocycles. The van der Waals surface area contributed by atoms with Gasteiger partial charge in [-0.25, -0.2) is 4.98 Å². The van der Waals surface area contributed by atoms with Gasteiger partial charge in [-0.2, -0.15) is 0 Å². The zero-order valence-corrected chi connectivity index (χ0v) is 15.1. The van der Waals surface area contributed by atoms with Crippen LogP contribution in [-0.2, 0) is 0 Å². The second kappa shape index (κ2) is 11.7. The van der Waals surface area contributed by atoms with E-state index in [2.05, 4.69) is 16.9 Å². The minimum absolute atomic E-state index is 0.816. The van der Waals surface area contributed by atoms with Gasteiger partial charge in [0, 0.05) is 18.0 Å². The molecule has 2 rings (SSSR count). The summed E-state index contributed by atoms with van der Waals surface area (Å²) in [6.07, 6.45) is 17.2. The van der Waals surface area contributed by atoms with E-state index in [9.17, 15) is 0 Å². The summed E-state index contributed by atoms with van der Waals surface area (Å²) in [5.41, 5.74) is 1.09. The van der Waals surface area contributed by atoms with Crippen LogP contribution in [0.15, 0.2) is 36.7 Å². The molecule has 2 aromatic rings. The predicted octanol–water partition coefficient (Wildman–Crippen LogP) is 6.38. The first-order chi connectivity index (χ1) is 11.9. The zero-order valence-electron chi connectivity index (χ0n) is 15.1. The van der Waals surface area contributed by atoms with Gasteiger partial charge in [-0.1, -0.05) is 64.7 Å². The molecule has 24 heavy (non-hydrogen) atoms. The molecule has 0 amide bonds. The van der Waals surface area contributed by atoms with Crippen LogP contribution < -0.4 is 4.74 Å². The van der Waals surface area contributed by atoms with Crippen molar-refractivity contribution in [3.63, 3.8) is 0 Å². The van der Waals surface area contributed by atoms with Crippen LogP contribution in [0, 0.1) is 0 Å². The van der Waals surface area contributed by atoms with E-state index in [1.54, 1.807) is 6.20 Å². The third-order valence-electron chi connectivity index (χ3n) is 4.39. The first-order valence-corrected chi connectivity index (χ1v) is 9.63. The van der Waals surface area contributed by atoms with Crippen molar-refractivity contribution in [2.24, 2.45) is 0 Å². The molecular formula is C21H32N2O. The average molecular weight is 328 g/mol. The van der Waals surface area contributed by atoms with Crippen molar-refractivity contribution < 1.29 is 4.74 Å². The van der Waals surface area contributed by atoms with Gasteiger partial charge in [-0.05, 0) is 30.7 Å². The van der Waals surface area contributed by atoms with Crippen LogP contribution in [0.1, 0.15) is 71.1 Å². The molecule has 0 fully saturated rings. The first kappa shape index (κ1) is 18.6. The predicted molar refractivity (Wildman–Crippen MR) is 101 cm³/mol. The number of rotatable bonds is 13. The lowest BCUT2D eigenvalue weighted by molar-refractivity contribution is 0.304. The number of hydrogen-bond donors (Lipinski definition) is 1. The molecule has 0 atom stereocenters. The van der Waals surface area contributed by atoms with E-state index in [-0.39, 0.29) is 0 Å². The number of nitrogens with one attached hydrogen (secondary N) is 1. The SMILES string of the molecule is CCCCCCCCCCCCOc1ccc(-c2ncc[nH]2)cc1. The highest BCUT2D eigenvalue weighted by molar-refractivity contribution is 5.55. The van der Waals surface area contributed by atoms with Crippen molar-refractivity contribution in [2.45, 2.75) is 71.1 Å². The smallest absolute Gasteiger partial charge is 0.137 e. The lowest BCUT2D eigenvalue weighted by Gasteiger charge is -2.07. The minimum Gasteiger partial charge on any atom is -0.494 e. The van der Waals surface area contributed by atoms with Crippen LogP contribution in [0.5, 0.6) is 5.75 Å². The second-order valence-electron chi connectivity index (χ2n) is 6.49. The van der Waals surface area contributed by atoms with Gasteiger partial charge in [0.1, 0.15) is 11.6 Å². The third-order valence-corrected chi connectivity index (χ3v) is 4.39. The summed E-state index contributed by atoms with van der Waals surface area (Å²) >= 11 is 0. The molecule has 3 nitrogen and oxygen atoms in total. The maximum absolute atomic E-state index is 5.82. The molecule has 1 heterocycles. The van der Waals surface area contributed by atoms with Crippen LogP contribution in [0.4, 0.5) is 0 Å². The fourth-order valence-corrected chi connectivity index (χ4v) is 2.91. The zero-order chi connectivity index (χ0) is 16.9. The average Bonchev–Trinajstić information content (AvgIpc) is 3.15. The lowest BCUT2D eigenvalue weighted by atomic mass is 10.1. The van der Waals surface area contributed by atoms with Crippen LogP contribution in [0.25, 0.3) is 11.4 Å². The molecule has 3 heteroatoms. The van der Waals surface area contributed by atoms with Gasteiger partial charge in [-0.3, -0.25) is 0 Å². The molecule has 132 valence electrons. The van der Waals surface area contributed by atoms with Gasteiger partial charge in [0.05, 0.1) is 6.61 Å². The van der Waals surface area contributed by atoms with Gasteiger partial charge in [0.15, 0.2) is 0 Å². The Bertz CT molecular complexity index is 519. The normalized spacial score (nSPS) is 10.9. The van der Waals surface area contributed by atoms with Gasteiger partial charge in [0.25, 0.3) is 0 Å². The maximum atomic E-state index is 5.82. The number of benzene rings is 1. The Morgan fingerprint density at radius 1 is 0.833 bits per heavy atom. The number of H-pyrrole nitrogens is 1. The lowest BCUT2D eigenvalue weighted by Crippen LogP contribution is -1.97. The molecule has 1 N–H and O–H groups in total. The second-order valence-corrected chi connectivity index (χ2v) is 6.49. The van der Waals surface area contributed by atoms with Crippen LogP contribution in [0.3, 0.4) is 0 Å². The Morgan fingerprint density at radius 3 is 2.04 bits per heavy atom. The van der Waals surface area contributed by atoms with Crippen molar-refractivity contribution >= 4 is 0 Å². The molecule has 0 aliphatic heterocycles. The van der Waals surface area contributed by atoms with E-state index in [0.29, 0.717) is 0 Å². The Balaban J connectivity index is 1.47. The molecule has 0 aliphatic rings. The fraction of sp³-hybridized carbons (Fsp3) is 0.571. The number of ether oxygens (including phenoxy) is 1. The van der Waals surface area contributed by atoms with Crippen molar-refractivity contribution in [3.8, 4) is 17.1 Å². The highest BCUT2D eigenvalue weighted by Crippen LogP contribution is 2.19. The maximum Gasteiger partial charge on any atom is 0.137 e. The Hall–Kier alpha value is -1.77. The van der Waals surface area contributed by atoms with Crippen LogP contribution in [0.2, 0.25) is 0 Å². The molecular weight excluding hydrogens is 296 g/mol. The highest BCUT2D eigenvalue weighted by atomic mass is 16.5. The first-order valence-electron chi connectivity index (χ1n) is 9.63. The number of unbranched alkanes of at least 4 members (excludes halogenated alkanes) is 9. The Labute approximate surface area is 146 Å². The van der Waals surface area contributed by atoms with Gasteiger partial charge >= 0.3 is 0 Å². The molecule has 0 saturated carbocycles. The Morgan fingerprint density at radius 2 is 1.46 bits per heavy atom. The van der Waals surface area contributed by atoms with Crippen molar-refractivity contribution in [3.05, 3.63) is 36.7 Å². The summed E-state index contributed by atoms with van der Waals surface area (Å²) < 4.78 is 5.82. The van der Waals surface area contributed by atoms with Crippen LogP contribution >= 0.6 is 0 Å². The van der Waals surface area contributed by atoms with E-state index >= 15 is 0 Å². The summed E-state index contributed by atoms with van der Waals surface area (Å²) in [6, 6.07) is 8.14. The molecule has 1 aromatic heterocycles. The fourth-order valence-electron chi connectivity index (χ4n) is 2.91. The number of aromatic nitrogens is 2. The molecule has 0 saturated heterocycles. The molecule has 1 aromatic carbocycles. The number of imidazole rings is 1.